The number of anilines is 1. The summed E-state index contributed by atoms with van der Waals surface area (Å²) >= 11 is 0. The number of aromatic amines is 2. The number of hydrogen-bond donors (Lipinski definition) is 3. The van der Waals surface area contributed by atoms with Crippen molar-refractivity contribution >= 4 is 33.7 Å². The van der Waals surface area contributed by atoms with Crippen molar-refractivity contribution in [3.8, 4) is 33.8 Å². The molecule has 0 spiro atoms. The summed E-state index contributed by atoms with van der Waals surface area (Å²) in [5, 5.41) is 11.3. The van der Waals surface area contributed by atoms with Crippen molar-refractivity contribution in [2.75, 3.05) is 5.32 Å². The Morgan fingerprint density at radius 3 is 2.66 bits per heavy atom. The van der Waals surface area contributed by atoms with E-state index in [1.165, 1.54) is 12.1 Å². The van der Waals surface area contributed by atoms with Gasteiger partial charge in [0.25, 0.3) is 5.91 Å². The molecule has 0 fully saturated rings. The maximum atomic E-state index is 14.2. The Bertz CT molecular complexity index is 2060. The Kier molecular flexibility index (Phi) is 5.82. The maximum absolute atomic E-state index is 14.2. The van der Waals surface area contributed by atoms with E-state index in [2.05, 4.69) is 30.5 Å². The van der Waals surface area contributed by atoms with E-state index in [0.717, 1.165) is 38.9 Å². The molecule has 0 aliphatic carbocycles. The predicted molar refractivity (Wildman–Crippen MR) is 157 cm³/mol. The van der Waals surface area contributed by atoms with Crippen LogP contribution in [0.4, 0.5) is 10.1 Å². The number of aryl methyl sites for hydroxylation is 1. The van der Waals surface area contributed by atoms with Gasteiger partial charge in [-0.15, -0.1) is 0 Å². The van der Waals surface area contributed by atoms with Crippen molar-refractivity contribution in [2.24, 2.45) is 0 Å². The van der Waals surface area contributed by atoms with E-state index in [1.54, 1.807) is 30.7 Å². The van der Waals surface area contributed by atoms with Crippen LogP contribution in [0.25, 0.3) is 55.8 Å². The summed E-state index contributed by atoms with van der Waals surface area (Å²) < 4.78 is 14.2. The molecule has 0 saturated heterocycles. The molecule has 5 heterocycles. The summed E-state index contributed by atoms with van der Waals surface area (Å²) in [5.74, 6) is -0.501. The Morgan fingerprint density at radius 1 is 0.927 bits per heavy atom. The van der Waals surface area contributed by atoms with Gasteiger partial charge in [0.05, 0.1) is 28.8 Å². The zero-order chi connectivity index (χ0) is 27.9. The molecule has 0 aliphatic rings. The third kappa shape index (κ3) is 4.59. The van der Waals surface area contributed by atoms with Crippen molar-refractivity contribution < 1.29 is 9.18 Å². The number of halogens is 1. The number of hydrogen-bond acceptors (Lipinski definition) is 5. The van der Waals surface area contributed by atoms with Crippen LogP contribution < -0.4 is 5.32 Å². The molecule has 0 radical (unpaired) electrons. The quantitative estimate of drug-likeness (QED) is 0.220. The number of aromatic nitrogens is 6. The normalized spacial score (nSPS) is 11.3. The number of benzene rings is 2. The topological polar surface area (TPSA) is 112 Å². The minimum Gasteiger partial charge on any atom is -0.338 e. The van der Waals surface area contributed by atoms with Crippen LogP contribution in [0.5, 0.6) is 0 Å². The first-order valence-corrected chi connectivity index (χ1v) is 12.9. The van der Waals surface area contributed by atoms with Gasteiger partial charge in [0.15, 0.2) is 0 Å². The van der Waals surface area contributed by atoms with Gasteiger partial charge in [-0.1, -0.05) is 24.3 Å². The van der Waals surface area contributed by atoms with Crippen molar-refractivity contribution in [1.29, 1.82) is 0 Å². The van der Waals surface area contributed by atoms with E-state index in [-0.39, 0.29) is 11.7 Å². The number of pyridine rings is 3. The first-order chi connectivity index (χ1) is 20.0. The molecule has 3 N–H and O–H groups in total. The number of amides is 1. The highest BCUT2D eigenvalue weighted by atomic mass is 19.1. The van der Waals surface area contributed by atoms with Gasteiger partial charge in [-0.2, -0.15) is 5.10 Å². The van der Waals surface area contributed by atoms with Crippen LogP contribution in [-0.4, -0.2) is 36.0 Å². The largest absolute Gasteiger partial charge is 0.338 e. The summed E-state index contributed by atoms with van der Waals surface area (Å²) in [6.07, 6.45) is 5.00. The van der Waals surface area contributed by atoms with E-state index in [1.807, 2.05) is 61.5 Å². The lowest BCUT2D eigenvalue weighted by molar-refractivity contribution is 0.102. The highest BCUT2D eigenvalue weighted by molar-refractivity contribution is 6.04. The molecule has 2 aromatic carbocycles. The highest BCUT2D eigenvalue weighted by Crippen LogP contribution is 2.34. The molecule has 7 aromatic rings. The van der Waals surface area contributed by atoms with Crippen molar-refractivity contribution in [3.05, 3.63) is 114 Å². The summed E-state index contributed by atoms with van der Waals surface area (Å²) in [5.41, 5.74) is 8.47. The van der Waals surface area contributed by atoms with E-state index in [9.17, 15) is 9.18 Å². The van der Waals surface area contributed by atoms with Gasteiger partial charge < -0.3 is 10.3 Å². The molecular weight excluding hydrogens is 517 g/mol. The molecule has 41 heavy (non-hydrogen) atoms. The molecule has 9 heteroatoms. The molecule has 7 rings (SSSR count). The molecule has 0 aliphatic heterocycles. The molecule has 0 unspecified atom stereocenters. The number of rotatable bonds is 5. The Balaban J connectivity index is 1.25. The second-order valence-corrected chi connectivity index (χ2v) is 9.77. The first kappa shape index (κ1) is 24.3. The number of H-pyrrole nitrogens is 2. The lowest BCUT2D eigenvalue weighted by Gasteiger charge is -2.07. The van der Waals surface area contributed by atoms with Gasteiger partial charge in [-0.05, 0) is 78.2 Å². The number of fused-ring (bicyclic) bond motifs is 2. The maximum Gasteiger partial charge on any atom is 0.255 e. The predicted octanol–water partition coefficient (Wildman–Crippen LogP) is 6.93. The third-order valence-corrected chi connectivity index (χ3v) is 6.88. The monoisotopic (exact) mass is 539 g/mol. The van der Waals surface area contributed by atoms with E-state index >= 15 is 0 Å². The summed E-state index contributed by atoms with van der Waals surface area (Å²) in [7, 11) is 0. The SMILES string of the molecule is Cc1cc(F)cc(-c2ccnc3[nH]c(-c4n[nH]c5ccc(-c6cncc(NC(=O)c7ccccc7)c6)nc45)cc23)c1. The Labute approximate surface area is 233 Å². The number of nitrogens with zero attached hydrogens (tertiary/aromatic N) is 4. The van der Waals surface area contributed by atoms with Crippen LogP contribution in [0.2, 0.25) is 0 Å². The van der Waals surface area contributed by atoms with Gasteiger partial charge >= 0.3 is 0 Å². The average molecular weight is 540 g/mol. The zero-order valence-electron chi connectivity index (χ0n) is 21.8. The summed E-state index contributed by atoms with van der Waals surface area (Å²) in [4.78, 5) is 29.7. The van der Waals surface area contributed by atoms with Gasteiger partial charge in [0.2, 0.25) is 0 Å². The van der Waals surface area contributed by atoms with Crippen LogP contribution >= 0.6 is 0 Å². The minimum absolute atomic E-state index is 0.217. The Hall–Kier alpha value is -5.70. The van der Waals surface area contributed by atoms with Crippen molar-refractivity contribution in [3.63, 3.8) is 0 Å². The molecule has 1 amide bonds. The van der Waals surface area contributed by atoms with E-state index < -0.39 is 0 Å². The molecule has 0 atom stereocenters. The van der Waals surface area contributed by atoms with Gasteiger partial charge in [-0.3, -0.25) is 14.9 Å². The highest BCUT2D eigenvalue weighted by Gasteiger charge is 2.17. The molecule has 8 nitrogen and oxygen atoms in total. The lowest BCUT2D eigenvalue weighted by atomic mass is 10.0. The van der Waals surface area contributed by atoms with Gasteiger partial charge in [-0.25, -0.2) is 14.4 Å². The summed E-state index contributed by atoms with van der Waals surface area (Å²) in [6.45, 7) is 1.87. The molecule has 0 bridgehead atoms. The second kappa shape index (κ2) is 9.80. The lowest BCUT2D eigenvalue weighted by Crippen LogP contribution is -2.11. The van der Waals surface area contributed by atoms with E-state index in [0.29, 0.717) is 33.8 Å². The van der Waals surface area contributed by atoms with Crippen LogP contribution in [0.15, 0.2) is 97.5 Å². The van der Waals surface area contributed by atoms with Crippen LogP contribution in [-0.2, 0) is 0 Å². The van der Waals surface area contributed by atoms with Crippen molar-refractivity contribution in [2.45, 2.75) is 6.92 Å². The molecule has 0 saturated carbocycles. The second-order valence-electron chi connectivity index (χ2n) is 9.77. The minimum atomic E-state index is -0.283. The fraction of sp³-hybridized carbons (Fsp3) is 0.0312. The molecule has 198 valence electrons. The van der Waals surface area contributed by atoms with Crippen LogP contribution in [0.1, 0.15) is 15.9 Å². The fourth-order valence-corrected chi connectivity index (χ4v) is 4.99. The standard InChI is InChI=1S/C32H22FN7O/c1-18-11-20(13-22(33)12-18)24-9-10-35-31-25(24)15-28(38-31)30-29-27(39-40-30)8-7-26(37-29)21-14-23(17-34-16-21)36-32(41)19-5-3-2-4-6-19/h2-17H,1H3,(H,35,38)(H,36,41)(H,39,40). The van der Waals surface area contributed by atoms with Gasteiger partial charge in [0.1, 0.15) is 22.7 Å². The smallest absolute Gasteiger partial charge is 0.255 e. The summed E-state index contributed by atoms with van der Waals surface area (Å²) in [6, 6.07) is 23.4. The zero-order valence-corrected chi connectivity index (χ0v) is 21.8. The van der Waals surface area contributed by atoms with Crippen LogP contribution in [0.3, 0.4) is 0 Å². The number of carbonyl (C=O) groups is 1. The Morgan fingerprint density at radius 2 is 1.80 bits per heavy atom. The number of carbonyl (C=O) groups excluding carboxylic acids is 1. The molecule has 5 aromatic heterocycles. The number of nitrogens with one attached hydrogen (secondary N) is 3. The van der Waals surface area contributed by atoms with Crippen LogP contribution in [0, 0.1) is 12.7 Å². The first-order valence-electron chi connectivity index (χ1n) is 12.9. The average Bonchev–Trinajstić information content (AvgIpc) is 3.61. The van der Waals surface area contributed by atoms with E-state index in [4.69, 9.17) is 4.98 Å². The third-order valence-electron chi connectivity index (χ3n) is 6.88. The van der Waals surface area contributed by atoms with Gasteiger partial charge in [0, 0.05) is 28.9 Å². The molecular formula is C32H22FN7O. The van der Waals surface area contributed by atoms with Crippen molar-refractivity contribution in [1.82, 2.24) is 30.1 Å². The fourth-order valence-electron chi connectivity index (χ4n) is 4.99.